The highest BCUT2D eigenvalue weighted by Gasteiger charge is 2.09. The SMILES string of the molecule is Cc1c(O)ccc(C#N)c1N=C(N)N=C(N)N. The van der Waals surface area contributed by atoms with Gasteiger partial charge in [0.15, 0.2) is 5.96 Å². The monoisotopic (exact) mass is 232 g/mol. The van der Waals surface area contributed by atoms with Crippen LogP contribution in [0.3, 0.4) is 0 Å². The average Bonchev–Trinajstić information content (AvgIpc) is 2.24. The topological polar surface area (TPSA) is 147 Å². The van der Waals surface area contributed by atoms with Crippen LogP contribution in [0.15, 0.2) is 22.1 Å². The minimum absolute atomic E-state index is 0.0141. The van der Waals surface area contributed by atoms with E-state index in [0.717, 1.165) is 0 Å². The van der Waals surface area contributed by atoms with Gasteiger partial charge in [-0.25, -0.2) is 4.99 Å². The number of phenolic OH excluding ortho intramolecular Hbond substituents is 1. The van der Waals surface area contributed by atoms with Gasteiger partial charge in [-0.3, -0.25) is 0 Å². The quantitative estimate of drug-likeness (QED) is 0.390. The van der Waals surface area contributed by atoms with Crippen molar-refractivity contribution in [2.24, 2.45) is 27.2 Å². The summed E-state index contributed by atoms with van der Waals surface area (Å²) in [7, 11) is 0. The zero-order valence-corrected chi connectivity index (χ0v) is 9.18. The van der Waals surface area contributed by atoms with Crippen LogP contribution in [0.25, 0.3) is 0 Å². The zero-order chi connectivity index (χ0) is 13.0. The van der Waals surface area contributed by atoms with Crippen LogP contribution in [-0.2, 0) is 0 Å². The minimum Gasteiger partial charge on any atom is -0.508 e. The van der Waals surface area contributed by atoms with Crippen LogP contribution in [0.2, 0.25) is 0 Å². The molecule has 0 atom stereocenters. The Hall–Kier alpha value is -2.75. The molecule has 0 radical (unpaired) electrons. The molecule has 1 rings (SSSR count). The molecule has 0 amide bonds. The first kappa shape index (κ1) is 12.3. The Morgan fingerprint density at radius 1 is 1.35 bits per heavy atom. The third-order valence-corrected chi connectivity index (χ3v) is 1.99. The van der Waals surface area contributed by atoms with Crippen molar-refractivity contribution in [3.05, 3.63) is 23.3 Å². The Morgan fingerprint density at radius 3 is 2.53 bits per heavy atom. The predicted molar refractivity (Wildman–Crippen MR) is 64.7 cm³/mol. The van der Waals surface area contributed by atoms with E-state index in [1.165, 1.54) is 12.1 Å². The lowest BCUT2D eigenvalue weighted by Gasteiger charge is -2.05. The average molecular weight is 232 g/mol. The van der Waals surface area contributed by atoms with Crippen molar-refractivity contribution in [1.82, 2.24) is 0 Å². The molecule has 0 spiro atoms. The summed E-state index contributed by atoms with van der Waals surface area (Å²) in [5.41, 5.74) is 16.7. The number of nitrogens with zero attached hydrogens (tertiary/aromatic N) is 3. The second-order valence-corrected chi connectivity index (χ2v) is 3.22. The molecule has 88 valence electrons. The number of aliphatic imine (C=N–C) groups is 2. The molecule has 0 heterocycles. The fourth-order valence-electron chi connectivity index (χ4n) is 1.20. The first-order chi connectivity index (χ1) is 7.95. The Bertz CT molecular complexity index is 536. The Morgan fingerprint density at radius 2 is 2.00 bits per heavy atom. The minimum atomic E-state index is -0.234. The second kappa shape index (κ2) is 4.85. The number of hydrogen-bond donors (Lipinski definition) is 4. The van der Waals surface area contributed by atoms with Gasteiger partial charge in [0, 0.05) is 5.56 Å². The maximum absolute atomic E-state index is 9.51. The van der Waals surface area contributed by atoms with Gasteiger partial charge < -0.3 is 22.3 Å². The third kappa shape index (κ3) is 2.85. The second-order valence-electron chi connectivity index (χ2n) is 3.22. The molecule has 0 aliphatic heterocycles. The van der Waals surface area contributed by atoms with E-state index >= 15 is 0 Å². The van der Waals surface area contributed by atoms with Gasteiger partial charge in [-0.2, -0.15) is 10.3 Å². The summed E-state index contributed by atoms with van der Waals surface area (Å²) in [4.78, 5) is 7.42. The molecule has 0 bridgehead atoms. The zero-order valence-electron chi connectivity index (χ0n) is 9.18. The lowest BCUT2D eigenvalue weighted by molar-refractivity contribution is 0.471. The summed E-state index contributed by atoms with van der Waals surface area (Å²) in [6.45, 7) is 1.61. The fourth-order valence-corrected chi connectivity index (χ4v) is 1.20. The molecular weight excluding hydrogens is 220 g/mol. The first-order valence-electron chi connectivity index (χ1n) is 4.62. The van der Waals surface area contributed by atoms with Crippen molar-refractivity contribution in [2.75, 3.05) is 0 Å². The summed E-state index contributed by atoms with van der Waals surface area (Å²) in [6, 6.07) is 4.78. The maximum Gasteiger partial charge on any atom is 0.223 e. The van der Waals surface area contributed by atoms with E-state index in [0.29, 0.717) is 5.56 Å². The van der Waals surface area contributed by atoms with Crippen LogP contribution < -0.4 is 17.2 Å². The number of rotatable bonds is 1. The Kier molecular flexibility index (Phi) is 3.51. The number of nitrogens with two attached hydrogens (primary N) is 3. The summed E-state index contributed by atoms with van der Waals surface area (Å²) in [6.07, 6.45) is 0. The van der Waals surface area contributed by atoms with E-state index in [2.05, 4.69) is 9.98 Å². The van der Waals surface area contributed by atoms with Gasteiger partial charge in [0.1, 0.15) is 11.8 Å². The number of aromatic hydroxyl groups is 1. The van der Waals surface area contributed by atoms with Crippen molar-refractivity contribution in [3.63, 3.8) is 0 Å². The van der Waals surface area contributed by atoms with Crippen molar-refractivity contribution in [3.8, 4) is 11.8 Å². The number of phenols is 1. The lowest BCUT2D eigenvalue weighted by atomic mass is 10.1. The van der Waals surface area contributed by atoms with E-state index < -0.39 is 0 Å². The first-order valence-corrected chi connectivity index (χ1v) is 4.62. The Balaban J connectivity index is 3.36. The smallest absolute Gasteiger partial charge is 0.223 e. The van der Waals surface area contributed by atoms with E-state index in [-0.39, 0.29) is 28.9 Å². The summed E-state index contributed by atoms with van der Waals surface area (Å²) >= 11 is 0. The van der Waals surface area contributed by atoms with Gasteiger partial charge in [-0.05, 0) is 19.1 Å². The molecule has 7 nitrogen and oxygen atoms in total. The van der Waals surface area contributed by atoms with Gasteiger partial charge in [0.25, 0.3) is 0 Å². The third-order valence-electron chi connectivity index (χ3n) is 1.99. The number of hydrogen-bond acceptors (Lipinski definition) is 3. The number of benzene rings is 1. The molecule has 17 heavy (non-hydrogen) atoms. The van der Waals surface area contributed by atoms with Gasteiger partial charge in [0.2, 0.25) is 5.96 Å². The van der Waals surface area contributed by atoms with Crippen molar-refractivity contribution in [1.29, 1.82) is 5.26 Å². The Labute approximate surface area is 97.9 Å². The molecule has 0 saturated heterocycles. The summed E-state index contributed by atoms with van der Waals surface area (Å²) in [5.74, 6) is -0.405. The molecule has 7 heteroatoms. The number of nitriles is 1. The maximum atomic E-state index is 9.51. The van der Waals surface area contributed by atoms with E-state index in [1.807, 2.05) is 6.07 Å². The van der Waals surface area contributed by atoms with E-state index in [1.54, 1.807) is 6.92 Å². The van der Waals surface area contributed by atoms with Gasteiger partial charge in [-0.15, -0.1) is 0 Å². The van der Waals surface area contributed by atoms with E-state index in [9.17, 15) is 5.11 Å². The van der Waals surface area contributed by atoms with Crippen LogP contribution in [0.4, 0.5) is 5.69 Å². The van der Waals surface area contributed by atoms with Crippen LogP contribution in [0.5, 0.6) is 5.75 Å². The normalized spacial score (nSPS) is 10.7. The fraction of sp³-hybridized carbons (Fsp3) is 0.100. The standard InChI is InChI=1S/C10H12N6O/c1-5-7(17)3-2-6(4-11)8(5)15-10(14)16-9(12)13/h2-3,17H,1H3,(H6,12,13,14,15,16). The largest absolute Gasteiger partial charge is 0.508 e. The molecular formula is C10H12N6O. The highest BCUT2D eigenvalue weighted by molar-refractivity contribution is 5.94. The molecule has 1 aromatic carbocycles. The lowest BCUT2D eigenvalue weighted by Crippen LogP contribution is -2.26. The van der Waals surface area contributed by atoms with Crippen molar-refractivity contribution < 1.29 is 5.11 Å². The number of guanidine groups is 2. The highest BCUT2D eigenvalue weighted by atomic mass is 16.3. The van der Waals surface area contributed by atoms with Crippen molar-refractivity contribution >= 4 is 17.6 Å². The molecule has 7 N–H and O–H groups in total. The van der Waals surface area contributed by atoms with Crippen molar-refractivity contribution in [2.45, 2.75) is 6.92 Å². The van der Waals surface area contributed by atoms with Crippen LogP contribution in [0.1, 0.15) is 11.1 Å². The van der Waals surface area contributed by atoms with Crippen LogP contribution >= 0.6 is 0 Å². The molecule has 0 aromatic heterocycles. The predicted octanol–water partition coefficient (Wildman–Crippen LogP) is -0.208. The molecule has 0 unspecified atom stereocenters. The molecule has 0 saturated carbocycles. The summed E-state index contributed by atoms with van der Waals surface area (Å²) < 4.78 is 0. The molecule has 0 aliphatic carbocycles. The van der Waals surface area contributed by atoms with Gasteiger partial charge in [0.05, 0.1) is 11.3 Å². The molecule has 0 aliphatic rings. The molecule has 1 aromatic rings. The summed E-state index contributed by atoms with van der Waals surface area (Å²) in [5, 5.41) is 18.4. The van der Waals surface area contributed by atoms with Crippen LogP contribution in [0, 0.1) is 18.3 Å². The highest BCUT2D eigenvalue weighted by Crippen LogP contribution is 2.30. The van der Waals surface area contributed by atoms with Gasteiger partial charge in [-0.1, -0.05) is 0 Å². The van der Waals surface area contributed by atoms with Crippen LogP contribution in [-0.4, -0.2) is 17.0 Å². The van der Waals surface area contributed by atoms with E-state index in [4.69, 9.17) is 22.5 Å². The van der Waals surface area contributed by atoms with Gasteiger partial charge >= 0.3 is 0 Å². The molecule has 0 fully saturated rings.